The molecular weight excluding hydrogens is 585 g/mol. The van der Waals surface area contributed by atoms with Crippen LogP contribution in [-0.2, 0) is 5.41 Å². The molecule has 4 nitrogen and oxygen atoms in total. The standard InChI is InChI=1S/C44H30N4/c1-44(2)34-20-10-8-18-32(34)40-38-30(17-12-21-35(38)44)26-37-39(40)33-19-9-11-22-36(33)48(37)43-46-41(28-14-4-3-5-15-28)45-42(47-43)31-24-23-27-13-6-7-16-29(27)25-31/h3-26H,1-2H3. The third-order valence-corrected chi connectivity index (χ3v) is 10.2. The van der Waals surface area contributed by atoms with Gasteiger partial charge in [0, 0.05) is 32.9 Å². The van der Waals surface area contributed by atoms with Crippen molar-refractivity contribution in [3.63, 3.8) is 0 Å². The lowest BCUT2D eigenvalue weighted by molar-refractivity contribution is 0.645. The molecule has 0 bridgehead atoms. The van der Waals surface area contributed by atoms with Crippen LogP contribution in [-0.4, -0.2) is 19.5 Å². The van der Waals surface area contributed by atoms with Crippen LogP contribution < -0.4 is 0 Å². The summed E-state index contributed by atoms with van der Waals surface area (Å²) in [6.45, 7) is 4.70. The Morgan fingerprint density at radius 3 is 2.04 bits per heavy atom. The average molecular weight is 615 g/mol. The summed E-state index contributed by atoms with van der Waals surface area (Å²) >= 11 is 0. The summed E-state index contributed by atoms with van der Waals surface area (Å²) in [5.74, 6) is 1.89. The molecule has 4 heteroatoms. The highest BCUT2D eigenvalue weighted by Gasteiger charge is 2.35. The van der Waals surface area contributed by atoms with Crippen molar-refractivity contribution in [2.24, 2.45) is 0 Å². The number of hydrogen-bond acceptors (Lipinski definition) is 3. The van der Waals surface area contributed by atoms with Crippen LogP contribution >= 0.6 is 0 Å². The van der Waals surface area contributed by atoms with E-state index < -0.39 is 0 Å². The number of nitrogens with zero attached hydrogens (tertiary/aromatic N) is 4. The van der Waals surface area contributed by atoms with Gasteiger partial charge in [-0.05, 0) is 56.4 Å². The van der Waals surface area contributed by atoms with Crippen molar-refractivity contribution < 1.29 is 0 Å². The van der Waals surface area contributed by atoms with Crippen LogP contribution in [0.1, 0.15) is 25.0 Å². The van der Waals surface area contributed by atoms with Crippen molar-refractivity contribution in [3.8, 4) is 39.9 Å². The molecular formula is C44H30N4. The normalized spacial score (nSPS) is 13.4. The molecule has 48 heavy (non-hydrogen) atoms. The second kappa shape index (κ2) is 9.93. The first-order chi connectivity index (χ1) is 23.6. The molecule has 0 aliphatic heterocycles. The van der Waals surface area contributed by atoms with E-state index in [1.807, 2.05) is 18.2 Å². The molecule has 0 fully saturated rings. The number of aromatic nitrogens is 4. The van der Waals surface area contributed by atoms with E-state index in [0.717, 1.165) is 27.5 Å². The summed E-state index contributed by atoms with van der Waals surface area (Å²) < 4.78 is 2.24. The Hall–Kier alpha value is -6.13. The summed E-state index contributed by atoms with van der Waals surface area (Å²) in [6, 6.07) is 51.7. The molecule has 2 heterocycles. The van der Waals surface area contributed by atoms with E-state index in [-0.39, 0.29) is 5.41 Å². The van der Waals surface area contributed by atoms with Crippen molar-refractivity contribution in [3.05, 3.63) is 157 Å². The molecule has 0 radical (unpaired) electrons. The Balaban J connectivity index is 1.34. The lowest BCUT2D eigenvalue weighted by Crippen LogP contribution is -2.23. The SMILES string of the molecule is CC1(C)c2ccccc2-c2c3c1cccc3cc1c2c2ccccc2n1-c1nc(-c2ccccc2)nc(-c2ccc3ccccc3c2)n1. The van der Waals surface area contributed by atoms with Crippen molar-refractivity contribution in [2.75, 3.05) is 0 Å². The number of benzene rings is 7. The minimum atomic E-state index is -0.122. The Bertz CT molecular complexity index is 2760. The fourth-order valence-electron chi connectivity index (χ4n) is 7.94. The van der Waals surface area contributed by atoms with Crippen LogP contribution in [0.3, 0.4) is 0 Å². The largest absolute Gasteiger partial charge is 0.278 e. The van der Waals surface area contributed by atoms with Crippen molar-refractivity contribution in [1.29, 1.82) is 0 Å². The molecule has 0 spiro atoms. The highest BCUT2D eigenvalue weighted by molar-refractivity contribution is 6.24. The minimum absolute atomic E-state index is 0.122. The van der Waals surface area contributed by atoms with Crippen LogP contribution in [0.5, 0.6) is 0 Å². The molecule has 0 atom stereocenters. The third-order valence-electron chi connectivity index (χ3n) is 10.2. The highest BCUT2D eigenvalue weighted by atomic mass is 15.2. The van der Waals surface area contributed by atoms with Gasteiger partial charge < -0.3 is 0 Å². The van der Waals surface area contributed by atoms with Crippen LogP contribution in [0.25, 0.3) is 83.2 Å². The van der Waals surface area contributed by atoms with Gasteiger partial charge in [0.1, 0.15) is 0 Å². The van der Waals surface area contributed by atoms with Crippen LogP contribution in [0.4, 0.5) is 0 Å². The van der Waals surface area contributed by atoms with Gasteiger partial charge in [0.25, 0.3) is 0 Å². The zero-order valence-corrected chi connectivity index (χ0v) is 26.6. The molecule has 1 aliphatic rings. The lowest BCUT2D eigenvalue weighted by atomic mass is 9.68. The predicted octanol–water partition coefficient (Wildman–Crippen LogP) is 10.9. The first-order valence-electron chi connectivity index (χ1n) is 16.5. The molecule has 0 amide bonds. The van der Waals surface area contributed by atoms with E-state index >= 15 is 0 Å². The van der Waals surface area contributed by atoms with Gasteiger partial charge in [-0.1, -0.05) is 141 Å². The van der Waals surface area contributed by atoms with E-state index in [9.17, 15) is 0 Å². The van der Waals surface area contributed by atoms with E-state index in [1.165, 1.54) is 49.2 Å². The second-order valence-corrected chi connectivity index (χ2v) is 13.3. The molecule has 9 aromatic rings. The number of hydrogen-bond donors (Lipinski definition) is 0. The Morgan fingerprint density at radius 1 is 0.479 bits per heavy atom. The summed E-state index contributed by atoms with van der Waals surface area (Å²) in [6.07, 6.45) is 0. The van der Waals surface area contributed by atoms with Gasteiger partial charge in [-0.25, -0.2) is 4.98 Å². The molecule has 7 aromatic carbocycles. The molecule has 2 aromatic heterocycles. The maximum Gasteiger partial charge on any atom is 0.238 e. The monoisotopic (exact) mass is 614 g/mol. The summed E-state index contributed by atoms with van der Waals surface area (Å²) in [5.41, 5.74) is 9.21. The fraction of sp³-hybridized carbons (Fsp3) is 0.0682. The molecule has 0 saturated heterocycles. The van der Waals surface area contributed by atoms with Gasteiger partial charge in [0.15, 0.2) is 11.6 Å². The molecule has 0 N–H and O–H groups in total. The molecule has 226 valence electrons. The van der Waals surface area contributed by atoms with Gasteiger partial charge in [-0.2, -0.15) is 9.97 Å². The van der Waals surface area contributed by atoms with Crippen molar-refractivity contribution in [2.45, 2.75) is 19.3 Å². The first-order valence-corrected chi connectivity index (χ1v) is 16.5. The average Bonchev–Trinajstić information content (AvgIpc) is 3.47. The molecule has 0 saturated carbocycles. The predicted molar refractivity (Wildman–Crippen MR) is 198 cm³/mol. The van der Waals surface area contributed by atoms with Crippen molar-refractivity contribution >= 4 is 43.4 Å². The van der Waals surface area contributed by atoms with Crippen LogP contribution in [0.15, 0.2) is 146 Å². The topological polar surface area (TPSA) is 43.6 Å². The zero-order valence-electron chi connectivity index (χ0n) is 26.6. The van der Waals surface area contributed by atoms with Gasteiger partial charge in [0.05, 0.1) is 11.0 Å². The summed E-state index contributed by atoms with van der Waals surface area (Å²) in [7, 11) is 0. The van der Waals surface area contributed by atoms with Crippen molar-refractivity contribution in [1.82, 2.24) is 19.5 Å². The van der Waals surface area contributed by atoms with Gasteiger partial charge in [-0.15, -0.1) is 0 Å². The molecule has 0 unspecified atom stereocenters. The fourth-order valence-corrected chi connectivity index (χ4v) is 7.94. The van der Waals surface area contributed by atoms with Gasteiger partial charge in [0.2, 0.25) is 5.95 Å². The number of rotatable bonds is 3. The smallest absolute Gasteiger partial charge is 0.238 e. The van der Waals surface area contributed by atoms with Crippen LogP contribution in [0.2, 0.25) is 0 Å². The quantitative estimate of drug-likeness (QED) is 0.199. The Kier molecular flexibility index (Phi) is 5.59. The molecule has 1 aliphatic carbocycles. The summed E-state index contributed by atoms with van der Waals surface area (Å²) in [5, 5.41) is 7.29. The third kappa shape index (κ3) is 3.80. The summed E-state index contributed by atoms with van der Waals surface area (Å²) in [4.78, 5) is 15.5. The van der Waals surface area contributed by atoms with E-state index in [1.54, 1.807) is 0 Å². The first kappa shape index (κ1) is 27.0. The minimum Gasteiger partial charge on any atom is -0.278 e. The molecule has 10 rings (SSSR count). The Morgan fingerprint density at radius 2 is 1.17 bits per heavy atom. The van der Waals surface area contributed by atoms with E-state index in [0.29, 0.717) is 17.6 Å². The maximum absolute atomic E-state index is 5.25. The number of fused-ring (bicyclic) bond motifs is 7. The highest BCUT2D eigenvalue weighted by Crippen LogP contribution is 2.52. The van der Waals surface area contributed by atoms with Gasteiger partial charge in [-0.3, -0.25) is 4.57 Å². The maximum atomic E-state index is 5.25. The van der Waals surface area contributed by atoms with E-state index in [4.69, 9.17) is 15.0 Å². The lowest BCUT2D eigenvalue weighted by Gasteiger charge is -2.35. The van der Waals surface area contributed by atoms with E-state index in [2.05, 4.69) is 146 Å². The number of para-hydroxylation sites is 1. The second-order valence-electron chi connectivity index (χ2n) is 13.3. The Labute approximate surface area is 278 Å². The zero-order chi connectivity index (χ0) is 32.0. The van der Waals surface area contributed by atoms with Gasteiger partial charge >= 0.3 is 0 Å². The van der Waals surface area contributed by atoms with Crippen LogP contribution in [0, 0.1) is 0 Å².